The van der Waals surface area contributed by atoms with Crippen LogP contribution in [0.5, 0.6) is 0 Å². The average molecular weight is 1320 g/mol. The molecule has 0 atom stereocenters. The van der Waals surface area contributed by atoms with Crippen molar-refractivity contribution in [1.29, 1.82) is 10.5 Å². The van der Waals surface area contributed by atoms with Crippen LogP contribution in [-0.2, 0) is 25.7 Å². The Morgan fingerprint density at radius 1 is 0.602 bits per heavy atom. The monoisotopic (exact) mass is 1320 g/mol. The number of anilines is 4. The van der Waals surface area contributed by atoms with Crippen LogP contribution in [0.2, 0.25) is 0 Å². The summed E-state index contributed by atoms with van der Waals surface area (Å²) in [6.45, 7) is 12.5. The van der Waals surface area contributed by atoms with Crippen molar-refractivity contribution >= 4 is 74.3 Å². The van der Waals surface area contributed by atoms with E-state index in [0.29, 0.717) is 74.9 Å². The van der Waals surface area contributed by atoms with E-state index in [4.69, 9.17) is 26.4 Å². The van der Waals surface area contributed by atoms with Crippen molar-refractivity contribution in [3.8, 4) is 56.9 Å². The fourth-order valence-electron chi connectivity index (χ4n) is 11.0. The van der Waals surface area contributed by atoms with Crippen LogP contribution in [0.4, 0.5) is 35.5 Å². The predicted molar refractivity (Wildman–Crippen MR) is 360 cm³/mol. The van der Waals surface area contributed by atoms with E-state index in [2.05, 4.69) is 61.0 Å². The summed E-state index contributed by atoms with van der Waals surface area (Å²) in [6.07, 6.45) is 16.2. The molecule has 0 spiro atoms. The average Bonchev–Trinajstić information content (AvgIpc) is 1.60. The Kier molecular flexibility index (Phi) is 21.3. The first kappa shape index (κ1) is 65.6. The lowest BCUT2D eigenvalue weighted by atomic mass is 9.94. The molecule has 0 aliphatic carbocycles. The number of β-amino-alcohol motifs (C(OH)–C–C–N with tert-alkyl or cyclic N) is 2. The topological polar surface area (TPSA) is 254 Å². The Morgan fingerprint density at radius 2 is 0.989 bits per heavy atom. The summed E-state index contributed by atoms with van der Waals surface area (Å²) in [4.78, 5) is 58.5. The van der Waals surface area contributed by atoms with Gasteiger partial charge in [-0.1, -0.05) is 50.3 Å². The van der Waals surface area contributed by atoms with Crippen LogP contribution in [-0.4, -0.2) is 153 Å². The third-order valence-corrected chi connectivity index (χ3v) is 18.6. The van der Waals surface area contributed by atoms with Crippen LogP contribution < -0.4 is 20.4 Å². The molecule has 0 radical (unpaired) electrons. The summed E-state index contributed by atoms with van der Waals surface area (Å²) >= 11 is 2.58. The van der Waals surface area contributed by atoms with Crippen molar-refractivity contribution in [2.75, 3.05) is 76.3 Å². The van der Waals surface area contributed by atoms with Gasteiger partial charge in [-0.05, 0) is 123 Å². The number of imidazole rings is 2. The van der Waals surface area contributed by atoms with Crippen LogP contribution in [0.3, 0.4) is 0 Å². The number of hydrogen-bond acceptors (Lipinski definition) is 19. The quantitative estimate of drug-likeness (QED) is 0.0701. The number of fused-ring (bicyclic) bond motifs is 2. The van der Waals surface area contributed by atoms with Gasteiger partial charge in [-0.15, -0.1) is 12.4 Å². The third kappa shape index (κ3) is 15.0. The van der Waals surface area contributed by atoms with E-state index in [9.17, 15) is 29.2 Å². The Labute approximate surface area is 554 Å². The Bertz CT molecular complexity index is 4290. The molecule has 0 saturated carbocycles. The molecule has 0 bridgehead atoms. The highest BCUT2D eigenvalue weighted by atomic mass is 35.5. The van der Waals surface area contributed by atoms with E-state index < -0.39 is 0 Å². The first-order chi connectivity index (χ1) is 45.1. The molecule has 4 N–H and O–H groups in total. The number of amides is 2. The maximum Gasteiger partial charge on any atom is 0.320 e. The standard InChI is InChI=1S/C33H32FN9O2S.C29H27FN8S.C3H7NO.C2H6.ClH/c1-3-26-31(40(2)32-39-30(27(12-35)46-32)21-5-8-24(34)9-6-21)43-17-22(7-11-29(43)38-26)23-13-36-28(37-14-23)10-4-20-15-41(16-20)33(45)42-18-25(44)19-42;1-3-23-28(37(2)29-36-27(24(12-31)39-29)19-5-8-22(30)9-6-19)38-17-20(7-11-26(38)35-23)21-15-33-25(34-16-21)10-4-18-13-32-14-18;5-3-1-4-2-3;1-2;/h5-9,11,13-14,17,20,25,44H,3-4,10,15-16,18-19H2,1-2H3;5-9,11,15-18,32H,3-4,10,13-14H2,1-2H3;3-5H,1-2H2;1-2H3;1H/i;;;1D;. The number of halogens is 3. The van der Waals surface area contributed by atoms with Crippen molar-refractivity contribution in [2.45, 2.75) is 78.4 Å². The number of nitrogens with zero attached hydrogens (tertiary/aromatic N) is 16. The van der Waals surface area contributed by atoms with Crippen molar-refractivity contribution < 1.29 is 25.2 Å². The highest BCUT2D eigenvalue weighted by molar-refractivity contribution is 7.17. The normalized spacial score (nSPS) is 14.7. The minimum Gasteiger partial charge on any atom is -0.390 e. The third-order valence-electron chi connectivity index (χ3n) is 16.5. The SMILES string of the molecule is CCc1nc2ccc(-c3cnc(CCC4CN(C(=O)N5CC(O)C5)C4)nc3)cn2c1N(C)c1nc(-c2ccc(F)cc2)c(C#N)s1.CCc1nc2ccc(-c3cnc(CCC4CNC4)nc3)cn2c1N(C)c1nc(-c2ccc(F)cc2)c(C#N)s1.Cl.OC1CNC1.[2H]CC. The van der Waals surface area contributed by atoms with Gasteiger partial charge >= 0.3 is 6.03 Å². The smallest absolute Gasteiger partial charge is 0.320 e. The first-order valence-electron chi connectivity index (χ1n) is 31.4. The number of carbonyl (C=O) groups excluding carboxylic acids is 1. The highest BCUT2D eigenvalue weighted by Gasteiger charge is 2.38. The van der Waals surface area contributed by atoms with Gasteiger partial charge in [-0.3, -0.25) is 8.80 Å². The highest BCUT2D eigenvalue weighted by Crippen LogP contribution is 2.40. The van der Waals surface area contributed by atoms with Crippen LogP contribution in [0.25, 0.3) is 56.1 Å². The Balaban J connectivity index is 0.000000184. The minimum atomic E-state index is -0.383. The minimum absolute atomic E-state index is 0. The molecule has 4 fully saturated rings. The summed E-state index contributed by atoms with van der Waals surface area (Å²) in [5, 5.41) is 44.9. The molecule has 2 aromatic carbocycles. The molecule has 14 rings (SSSR count). The van der Waals surface area contributed by atoms with Crippen LogP contribution in [0.1, 0.15) is 74.7 Å². The van der Waals surface area contributed by atoms with Gasteiger partial charge in [0.05, 0.1) is 36.7 Å². The fraction of sp³-hybridized carbons (Fsp3) is 0.358. The first-order valence-corrected chi connectivity index (χ1v) is 32.4. The summed E-state index contributed by atoms with van der Waals surface area (Å²) < 4.78 is 37.3. The van der Waals surface area contributed by atoms with Gasteiger partial charge in [0.1, 0.15) is 79.5 Å². The van der Waals surface area contributed by atoms with Crippen molar-refractivity contribution in [3.05, 3.63) is 154 Å². The number of pyridine rings is 2. The number of nitriles is 2. The number of likely N-dealkylation sites (tertiary alicyclic amines) is 2. The van der Waals surface area contributed by atoms with Gasteiger partial charge < -0.3 is 40.4 Å². The van der Waals surface area contributed by atoms with Crippen LogP contribution in [0.15, 0.2) is 110 Å². The van der Waals surface area contributed by atoms with Gasteiger partial charge in [-0.25, -0.2) is 53.4 Å². The van der Waals surface area contributed by atoms with E-state index >= 15 is 0 Å². The molecule has 4 aliphatic rings. The number of thiazole rings is 2. The lowest BCUT2D eigenvalue weighted by molar-refractivity contribution is 0.000944. The zero-order valence-electron chi connectivity index (χ0n) is 53.2. The van der Waals surface area contributed by atoms with Gasteiger partial charge in [0, 0.05) is 125 Å². The second kappa shape index (κ2) is 30.2. The maximum absolute atomic E-state index is 13.5. The van der Waals surface area contributed by atoms with E-state index in [1.807, 2.05) is 94.6 Å². The summed E-state index contributed by atoms with van der Waals surface area (Å²) in [5.41, 5.74) is 9.60. The Morgan fingerprint density at radius 3 is 1.34 bits per heavy atom. The molecule has 4 saturated heterocycles. The summed E-state index contributed by atoms with van der Waals surface area (Å²) in [6, 6.07) is 24.6. The van der Waals surface area contributed by atoms with Crippen LogP contribution in [0, 0.1) is 46.1 Å². The van der Waals surface area contributed by atoms with Gasteiger partial charge in [0.15, 0.2) is 10.3 Å². The number of benzene rings is 2. The lowest BCUT2D eigenvalue weighted by Gasteiger charge is -2.45. The second-order valence-corrected chi connectivity index (χ2v) is 24.7. The number of aliphatic hydroxyl groups excluding tert-OH is 2. The number of aryl methyl sites for hydroxylation is 4. The maximum atomic E-state index is 13.5. The number of aromatic nitrogens is 10. The van der Waals surface area contributed by atoms with E-state index in [1.165, 1.54) is 46.9 Å². The molecule has 0 unspecified atom stereocenters. The zero-order chi connectivity index (χ0) is 65.3. The summed E-state index contributed by atoms with van der Waals surface area (Å²) in [7, 11) is 3.84. The number of aliphatic hydroxyl groups is 2. The van der Waals surface area contributed by atoms with Crippen molar-refractivity contribution in [1.82, 2.24) is 69.1 Å². The molecule has 2 amide bonds. The van der Waals surface area contributed by atoms with E-state index in [1.54, 1.807) is 36.1 Å². The van der Waals surface area contributed by atoms with Gasteiger partial charge in [0.25, 0.3) is 0 Å². The number of hydrogen-bond donors (Lipinski definition) is 4. The Hall–Kier alpha value is -8.92. The number of urea groups is 1. The van der Waals surface area contributed by atoms with Gasteiger partial charge in [-0.2, -0.15) is 10.5 Å². The molecule has 12 heterocycles. The molecule has 4 aliphatic heterocycles. The number of rotatable bonds is 16. The molecule has 21 nitrogen and oxygen atoms in total. The summed E-state index contributed by atoms with van der Waals surface area (Å²) in [5.74, 6) is 3.86. The predicted octanol–water partition coefficient (Wildman–Crippen LogP) is 10.7. The lowest BCUT2D eigenvalue weighted by Crippen LogP contribution is -2.62. The second-order valence-electron chi connectivity index (χ2n) is 22.8. The van der Waals surface area contributed by atoms with Gasteiger partial charge in [0.2, 0.25) is 0 Å². The fourth-order valence-corrected chi connectivity index (χ4v) is 12.7. The molecule has 10 aromatic rings. The van der Waals surface area contributed by atoms with E-state index in [0.717, 1.165) is 146 Å². The molecular formula is C67H73ClF2N18O3S2. The molecule has 93 heavy (non-hydrogen) atoms. The van der Waals surface area contributed by atoms with Crippen LogP contribution >= 0.6 is 35.1 Å². The molecule has 8 aromatic heterocycles. The molecule has 482 valence electrons. The largest absolute Gasteiger partial charge is 0.390 e. The van der Waals surface area contributed by atoms with Crippen molar-refractivity contribution in [2.24, 2.45) is 11.8 Å². The number of carbonyl (C=O) groups is 1. The van der Waals surface area contributed by atoms with Crippen molar-refractivity contribution in [3.63, 3.8) is 0 Å². The van der Waals surface area contributed by atoms with E-state index in [-0.39, 0.29) is 42.3 Å². The molecule has 26 heteroatoms. The number of nitrogens with one attached hydrogen (secondary N) is 2. The molecular weight excluding hydrogens is 1240 g/mol. The zero-order valence-corrected chi connectivity index (χ0v) is 54.7.